The van der Waals surface area contributed by atoms with Gasteiger partial charge in [0.25, 0.3) is 0 Å². The number of hydrogen-bond acceptors (Lipinski definition) is 4. The second-order valence-electron chi connectivity index (χ2n) is 7.15. The Morgan fingerprint density at radius 1 is 1.12 bits per heavy atom. The van der Waals surface area contributed by atoms with Gasteiger partial charge in [0.2, 0.25) is 10.0 Å². The molecule has 1 fully saturated rings. The quantitative estimate of drug-likeness (QED) is 0.754. The fourth-order valence-corrected chi connectivity index (χ4v) is 4.48. The lowest BCUT2D eigenvalue weighted by Crippen LogP contribution is -2.35. The number of benzene rings is 2. The molecule has 26 heavy (non-hydrogen) atoms. The van der Waals surface area contributed by atoms with Gasteiger partial charge < -0.3 is 9.64 Å². The molecule has 0 atom stereocenters. The highest BCUT2D eigenvalue weighted by molar-refractivity contribution is 7.89. The molecule has 0 radical (unpaired) electrons. The molecule has 0 bridgehead atoms. The van der Waals surface area contributed by atoms with Gasteiger partial charge in [-0.05, 0) is 79.9 Å². The van der Waals surface area contributed by atoms with E-state index in [4.69, 9.17) is 4.74 Å². The molecular weight excluding hydrogens is 348 g/mol. The third kappa shape index (κ3) is 4.75. The van der Waals surface area contributed by atoms with Crippen molar-refractivity contribution in [2.24, 2.45) is 5.92 Å². The molecule has 6 heteroatoms. The number of nitrogens with one attached hydrogen (secondary N) is 1. The maximum absolute atomic E-state index is 12.5. The van der Waals surface area contributed by atoms with Gasteiger partial charge in [-0.15, -0.1) is 0 Å². The predicted octanol–water partition coefficient (Wildman–Crippen LogP) is 3.25. The van der Waals surface area contributed by atoms with Crippen molar-refractivity contribution < 1.29 is 13.2 Å². The van der Waals surface area contributed by atoms with Gasteiger partial charge >= 0.3 is 0 Å². The van der Waals surface area contributed by atoms with Gasteiger partial charge in [0.1, 0.15) is 5.75 Å². The van der Waals surface area contributed by atoms with Crippen LogP contribution in [0.3, 0.4) is 0 Å². The van der Waals surface area contributed by atoms with Gasteiger partial charge in [0.15, 0.2) is 0 Å². The summed E-state index contributed by atoms with van der Waals surface area (Å²) in [4.78, 5) is 2.74. The second kappa shape index (κ2) is 8.37. The molecule has 0 amide bonds. The highest BCUT2D eigenvalue weighted by Gasteiger charge is 2.17. The lowest BCUT2D eigenvalue weighted by Gasteiger charge is -2.30. The van der Waals surface area contributed by atoms with Gasteiger partial charge in [0.05, 0.1) is 12.0 Å². The smallest absolute Gasteiger partial charge is 0.240 e. The first-order valence-electron chi connectivity index (χ1n) is 9.28. The molecule has 2 aromatic carbocycles. The van der Waals surface area contributed by atoms with E-state index in [0.717, 1.165) is 48.5 Å². The number of rotatable bonds is 7. The topological polar surface area (TPSA) is 58.6 Å². The van der Waals surface area contributed by atoms with Crippen molar-refractivity contribution in [1.29, 1.82) is 0 Å². The van der Waals surface area contributed by atoms with Crippen LogP contribution in [0, 0.1) is 5.92 Å². The average Bonchev–Trinajstić information content (AvgIpc) is 2.65. The minimum Gasteiger partial charge on any atom is -0.497 e. The van der Waals surface area contributed by atoms with Gasteiger partial charge in [-0.2, -0.15) is 0 Å². The van der Waals surface area contributed by atoms with Crippen molar-refractivity contribution >= 4 is 20.8 Å². The van der Waals surface area contributed by atoms with Crippen LogP contribution in [-0.2, 0) is 10.0 Å². The van der Waals surface area contributed by atoms with Gasteiger partial charge in [0, 0.05) is 6.54 Å². The molecule has 0 unspecified atom stereocenters. The zero-order valence-electron chi connectivity index (χ0n) is 15.6. The van der Waals surface area contributed by atoms with E-state index in [-0.39, 0.29) is 0 Å². The number of fused-ring (bicyclic) bond motifs is 1. The monoisotopic (exact) mass is 376 g/mol. The minimum atomic E-state index is -3.48. The minimum absolute atomic E-state index is 0.307. The van der Waals surface area contributed by atoms with Crippen LogP contribution < -0.4 is 9.46 Å². The Hall–Kier alpha value is -1.63. The molecule has 0 aliphatic carbocycles. The van der Waals surface area contributed by atoms with E-state index in [9.17, 15) is 8.42 Å². The van der Waals surface area contributed by atoms with Crippen LogP contribution in [0.5, 0.6) is 5.75 Å². The molecule has 3 rings (SSSR count). The van der Waals surface area contributed by atoms with Crippen LogP contribution in [0.4, 0.5) is 0 Å². The summed E-state index contributed by atoms with van der Waals surface area (Å²) in [5.74, 6) is 1.58. The summed E-state index contributed by atoms with van der Waals surface area (Å²) < 4.78 is 33.0. The van der Waals surface area contributed by atoms with E-state index >= 15 is 0 Å². The third-order valence-corrected chi connectivity index (χ3v) is 6.61. The highest BCUT2D eigenvalue weighted by atomic mass is 32.2. The average molecular weight is 377 g/mol. The SMILES string of the molecule is COc1ccc2cc(S(=O)(=O)NCCCN3CCC(C)CC3)ccc2c1. The van der Waals surface area contributed by atoms with Crippen LogP contribution in [0.25, 0.3) is 10.8 Å². The van der Waals surface area contributed by atoms with Crippen LogP contribution in [0.2, 0.25) is 0 Å². The predicted molar refractivity (Wildman–Crippen MR) is 105 cm³/mol. The van der Waals surface area contributed by atoms with Crippen LogP contribution in [0.1, 0.15) is 26.2 Å². The lowest BCUT2D eigenvalue weighted by molar-refractivity contribution is 0.191. The number of hydrogen-bond donors (Lipinski definition) is 1. The Morgan fingerprint density at radius 2 is 1.81 bits per heavy atom. The zero-order valence-corrected chi connectivity index (χ0v) is 16.4. The Labute approximate surface area is 156 Å². The van der Waals surface area contributed by atoms with Crippen molar-refractivity contribution in [3.8, 4) is 5.75 Å². The lowest BCUT2D eigenvalue weighted by atomic mass is 9.99. The van der Waals surface area contributed by atoms with Crippen molar-refractivity contribution in [2.75, 3.05) is 33.3 Å². The zero-order chi connectivity index (χ0) is 18.6. The summed E-state index contributed by atoms with van der Waals surface area (Å²) in [6.45, 7) is 5.97. The summed E-state index contributed by atoms with van der Waals surface area (Å²) in [7, 11) is -1.86. The molecule has 142 valence electrons. The number of methoxy groups -OCH3 is 1. The molecule has 0 aromatic heterocycles. The summed E-state index contributed by atoms with van der Waals surface area (Å²) in [5.41, 5.74) is 0. The first kappa shape index (κ1) is 19.1. The fourth-order valence-electron chi connectivity index (χ4n) is 3.37. The fraction of sp³-hybridized carbons (Fsp3) is 0.500. The van der Waals surface area contributed by atoms with Crippen molar-refractivity contribution in [3.05, 3.63) is 36.4 Å². The van der Waals surface area contributed by atoms with Crippen LogP contribution >= 0.6 is 0 Å². The Morgan fingerprint density at radius 3 is 2.54 bits per heavy atom. The van der Waals surface area contributed by atoms with E-state index < -0.39 is 10.0 Å². The number of likely N-dealkylation sites (tertiary alicyclic amines) is 1. The van der Waals surface area contributed by atoms with Crippen LogP contribution in [-0.4, -0.2) is 46.6 Å². The third-order valence-electron chi connectivity index (χ3n) is 5.15. The summed E-state index contributed by atoms with van der Waals surface area (Å²) in [6.07, 6.45) is 3.32. The number of sulfonamides is 1. The Kier molecular flexibility index (Phi) is 6.16. The largest absolute Gasteiger partial charge is 0.497 e. The normalized spacial score (nSPS) is 16.8. The summed E-state index contributed by atoms with van der Waals surface area (Å²) >= 11 is 0. The Balaban J connectivity index is 1.56. The molecule has 1 aliphatic heterocycles. The molecule has 5 nitrogen and oxygen atoms in total. The standard InChI is InChI=1S/C20H28N2O3S/c1-16-8-12-22(13-9-16)11-3-10-21-26(23,24)20-7-5-17-14-19(25-2)6-4-18(17)15-20/h4-7,14-16,21H,3,8-13H2,1-2H3. The Bertz CT molecular complexity index is 843. The first-order chi connectivity index (χ1) is 12.5. The summed E-state index contributed by atoms with van der Waals surface area (Å²) in [6, 6.07) is 10.8. The van der Waals surface area contributed by atoms with E-state index in [1.165, 1.54) is 12.8 Å². The second-order valence-corrected chi connectivity index (χ2v) is 8.92. The molecule has 1 saturated heterocycles. The maximum Gasteiger partial charge on any atom is 0.240 e. The van der Waals surface area contributed by atoms with Gasteiger partial charge in [-0.25, -0.2) is 13.1 Å². The molecule has 2 aromatic rings. The molecule has 0 saturated carbocycles. The van der Waals surface area contributed by atoms with Crippen LogP contribution in [0.15, 0.2) is 41.3 Å². The van der Waals surface area contributed by atoms with E-state index in [0.29, 0.717) is 11.4 Å². The van der Waals surface area contributed by atoms with E-state index in [2.05, 4.69) is 16.5 Å². The van der Waals surface area contributed by atoms with E-state index in [1.54, 1.807) is 19.2 Å². The van der Waals surface area contributed by atoms with Crippen molar-refractivity contribution in [3.63, 3.8) is 0 Å². The molecule has 1 heterocycles. The number of piperidine rings is 1. The number of nitrogens with zero attached hydrogens (tertiary/aromatic N) is 1. The molecule has 0 spiro atoms. The van der Waals surface area contributed by atoms with Crippen molar-refractivity contribution in [1.82, 2.24) is 9.62 Å². The molecule has 1 N–H and O–H groups in total. The number of ether oxygens (including phenoxy) is 1. The molecular formula is C20H28N2O3S. The molecule has 1 aliphatic rings. The van der Waals surface area contributed by atoms with E-state index in [1.807, 2.05) is 24.3 Å². The summed E-state index contributed by atoms with van der Waals surface area (Å²) in [5, 5.41) is 1.85. The van der Waals surface area contributed by atoms with Gasteiger partial charge in [-0.1, -0.05) is 19.1 Å². The van der Waals surface area contributed by atoms with Gasteiger partial charge in [-0.3, -0.25) is 0 Å². The highest BCUT2D eigenvalue weighted by Crippen LogP contribution is 2.23. The maximum atomic E-state index is 12.5. The first-order valence-corrected chi connectivity index (χ1v) is 10.8. The van der Waals surface area contributed by atoms with Crippen molar-refractivity contribution in [2.45, 2.75) is 31.1 Å².